The number of nitrogens with zero attached hydrogens (tertiary/aromatic N) is 1. The first-order valence-electron chi connectivity index (χ1n) is 11.2. The summed E-state index contributed by atoms with van der Waals surface area (Å²) < 4.78 is 15.4. The van der Waals surface area contributed by atoms with Gasteiger partial charge in [0.15, 0.2) is 17.3 Å². The van der Waals surface area contributed by atoms with Crippen molar-refractivity contribution in [1.29, 1.82) is 0 Å². The molecule has 0 saturated carbocycles. The number of aliphatic hydroxyl groups is 1. The lowest BCUT2D eigenvalue weighted by atomic mass is 9.98. The summed E-state index contributed by atoms with van der Waals surface area (Å²) in [6.07, 6.45) is 3.97. The van der Waals surface area contributed by atoms with Gasteiger partial charge in [-0.05, 0) is 59.8 Å². The standard InChI is InChI=1S/C21H17NO5.C3H9NO.C2H2Cl2O/c1-25-21(24)19(20(23)16-8-7-14-4-2-3-5-15(14)16)22-11-13-6-9-17-18(10-13)27-12-26-17;1-3(4)2-5;3-1-2(4)5/h2-6,8-11,19H,7,12H2,1H3;3,5H,2,4H2,1H3;1H2/t;3-;/m.0./s1. The van der Waals surface area contributed by atoms with E-state index in [9.17, 15) is 14.4 Å². The molecule has 3 N–H and O–H groups in total. The maximum Gasteiger partial charge on any atom is 0.338 e. The quantitative estimate of drug-likeness (QED) is 0.176. The predicted molar refractivity (Wildman–Crippen MR) is 141 cm³/mol. The number of aliphatic imine (C=N–C) groups is 1. The number of alkyl halides is 1. The second-order valence-corrected chi connectivity index (χ2v) is 8.50. The summed E-state index contributed by atoms with van der Waals surface area (Å²) in [4.78, 5) is 38.9. The summed E-state index contributed by atoms with van der Waals surface area (Å²) in [5.74, 6) is 0.0977. The molecule has 0 amide bonds. The lowest BCUT2D eigenvalue weighted by Gasteiger charge is -2.11. The van der Waals surface area contributed by atoms with Gasteiger partial charge in [-0.2, -0.15) is 0 Å². The van der Waals surface area contributed by atoms with Gasteiger partial charge in [0.05, 0.1) is 19.6 Å². The number of ether oxygens (including phenoxy) is 3. The molecule has 1 heterocycles. The number of Topliss-reactive ketones (excluding diaryl/α,β-unsaturated/α-hetero) is 1. The van der Waals surface area contributed by atoms with Gasteiger partial charge in [-0.15, -0.1) is 11.6 Å². The SMILES string of the molecule is COC(=O)C(N=Cc1ccc2c(c1)OCO2)C(=O)C1=CCc2ccccc21.C[C@H](N)CO.O=C(Cl)CCl. The minimum Gasteiger partial charge on any atom is -0.467 e. The van der Waals surface area contributed by atoms with E-state index >= 15 is 0 Å². The third kappa shape index (κ3) is 8.98. The van der Waals surface area contributed by atoms with E-state index in [2.05, 4.69) is 4.99 Å². The Morgan fingerprint density at radius 3 is 2.46 bits per heavy atom. The largest absolute Gasteiger partial charge is 0.467 e. The Balaban J connectivity index is 0.000000412. The van der Waals surface area contributed by atoms with Crippen LogP contribution in [0, 0.1) is 0 Å². The van der Waals surface area contributed by atoms with Crippen molar-refractivity contribution in [1.82, 2.24) is 0 Å². The fourth-order valence-corrected chi connectivity index (χ4v) is 3.16. The van der Waals surface area contributed by atoms with Crippen LogP contribution in [-0.2, 0) is 25.5 Å². The zero-order valence-corrected chi connectivity index (χ0v) is 21.9. The molecular formula is C26H28Cl2N2O7. The zero-order chi connectivity index (χ0) is 27.4. The minimum atomic E-state index is -1.25. The highest BCUT2D eigenvalue weighted by Gasteiger charge is 2.32. The Morgan fingerprint density at radius 1 is 1.19 bits per heavy atom. The molecule has 2 aliphatic rings. The van der Waals surface area contributed by atoms with Crippen LogP contribution >= 0.6 is 23.2 Å². The summed E-state index contributed by atoms with van der Waals surface area (Å²) in [5, 5.41) is 7.51. The highest BCUT2D eigenvalue weighted by Crippen LogP contribution is 2.32. The molecule has 11 heteroatoms. The van der Waals surface area contributed by atoms with Gasteiger partial charge >= 0.3 is 5.97 Å². The molecule has 0 spiro atoms. The second-order valence-electron chi connectivity index (χ2n) is 7.81. The highest BCUT2D eigenvalue weighted by atomic mass is 35.5. The number of hydrogen-bond donors (Lipinski definition) is 2. The number of aliphatic hydroxyl groups excluding tert-OH is 1. The van der Waals surface area contributed by atoms with Crippen LogP contribution in [0.5, 0.6) is 11.5 Å². The molecule has 0 aromatic heterocycles. The number of rotatable bonds is 7. The van der Waals surface area contributed by atoms with Gasteiger partial charge in [0, 0.05) is 17.8 Å². The Morgan fingerprint density at radius 2 is 1.84 bits per heavy atom. The number of carbonyl (C=O) groups excluding carboxylic acids is 3. The van der Waals surface area contributed by atoms with Crippen LogP contribution in [0.1, 0.15) is 23.6 Å². The van der Waals surface area contributed by atoms with Crippen LogP contribution in [0.15, 0.2) is 53.5 Å². The summed E-state index contributed by atoms with van der Waals surface area (Å²) in [5.41, 5.74) is 8.14. The van der Waals surface area contributed by atoms with Crippen molar-refractivity contribution in [3.05, 3.63) is 65.2 Å². The molecule has 2 aromatic rings. The van der Waals surface area contributed by atoms with E-state index < -0.39 is 17.3 Å². The number of hydrogen-bond acceptors (Lipinski definition) is 9. The van der Waals surface area contributed by atoms with Crippen molar-refractivity contribution in [3.63, 3.8) is 0 Å². The van der Waals surface area contributed by atoms with Crippen molar-refractivity contribution in [2.75, 3.05) is 26.4 Å². The number of ketones is 1. The van der Waals surface area contributed by atoms with E-state index in [-0.39, 0.29) is 31.1 Å². The van der Waals surface area contributed by atoms with Gasteiger partial charge in [-0.1, -0.05) is 30.3 Å². The minimum absolute atomic E-state index is 0.0602. The van der Waals surface area contributed by atoms with Crippen LogP contribution in [-0.4, -0.2) is 66.8 Å². The number of nitrogens with two attached hydrogens (primary N) is 1. The first-order valence-corrected chi connectivity index (χ1v) is 12.1. The molecule has 2 atom stereocenters. The average molecular weight is 551 g/mol. The van der Waals surface area contributed by atoms with Gasteiger partial charge in [-0.3, -0.25) is 14.6 Å². The molecule has 4 rings (SSSR count). The lowest BCUT2D eigenvalue weighted by Crippen LogP contribution is -2.30. The van der Waals surface area contributed by atoms with E-state index in [1.165, 1.54) is 13.3 Å². The molecule has 0 fully saturated rings. The van der Waals surface area contributed by atoms with Gasteiger partial charge in [0.2, 0.25) is 18.1 Å². The molecule has 37 heavy (non-hydrogen) atoms. The van der Waals surface area contributed by atoms with Crippen LogP contribution in [0.2, 0.25) is 0 Å². The molecule has 9 nitrogen and oxygen atoms in total. The number of carbonyl (C=O) groups is 3. The summed E-state index contributed by atoms with van der Waals surface area (Å²) in [6, 6.07) is 11.6. The van der Waals surface area contributed by atoms with Gasteiger partial charge in [0.25, 0.3) is 0 Å². The second kappa shape index (κ2) is 15.1. The van der Waals surface area contributed by atoms with Crippen molar-refractivity contribution in [3.8, 4) is 11.5 Å². The van der Waals surface area contributed by atoms with Crippen molar-refractivity contribution >= 4 is 52.0 Å². The number of halogens is 2. The molecular weight excluding hydrogens is 523 g/mol. The Bertz CT molecular complexity index is 1170. The Hall–Kier alpha value is -3.24. The molecule has 1 aliphatic heterocycles. The number of esters is 1. The fraction of sp³-hybridized carbons (Fsp3) is 0.308. The van der Waals surface area contributed by atoms with E-state index in [4.69, 9.17) is 48.3 Å². The number of fused-ring (bicyclic) bond motifs is 2. The molecule has 0 radical (unpaired) electrons. The Labute approximate surface area is 224 Å². The third-order valence-electron chi connectivity index (χ3n) is 4.93. The van der Waals surface area contributed by atoms with Gasteiger partial charge < -0.3 is 25.1 Å². The predicted octanol–water partition coefficient (Wildman–Crippen LogP) is 2.90. The van der Waals surface area contributed by atoms with Gasteiger partial charge in [-0.25, -0.2) is 4.79 Å². The number of allylic oxidation sites excluding steroid dienone is 1. The summed E-state index contributed by atoms with van der Waals surface area (Å²) in [6.45, 7) is 2.01. The topological polar surface area (TPSA) is 138 Å². The summed E-state index contributed by atoms with van der Waals surface area (Å²) >= 11 is 9.55. The molecule has 0 bridgehead atoms. The van der Waals surface area contributed by atoms with Crippen molar-refractivity contribution < 1.29 is 33.7 Å². The van der Waals surface area contributed by atoms with Crippen molar-refractivity contribution in [2.45, 2.75) is 25.4 Å². The van der Waals surface area contributed by atoms with E-state index in [1.54, 1.807) is 25.1 Å². The van der Waals surface area contributed by atoms with E-state index in [1.807, 2.05) is 30.3 Å². The van der Waals surface area contributed by atoms with Crippen LogP contribution < -0.4 is 15.2 Å². The summed E-state index contributed by atoms with van der Waals surface area (Å²) in [7, 11) is 1.25. The third-order valence-corrected chi connectivity index (χ3v) is 5.45. The zero-order valence-electron chi connectivity index (χ0n) is 20.4. The molecule has 1 aliphatic carbocycles. The highest BCUT2D eigenvalue weighted by molar-refractivity contribution is 6.67. The van der Waals surface area contributed by atoms with Crippen molar-refractivity contribution in [2.24, 2.45) is 10.7 Å². The number of methoxy groups -OCH3 is 1. The first kappa shape index (κ1) is 30.0. The lowest BCUT2D eigenvalue weighted by molar-refractivity contribution is -0.144. The molecule has 2 aromatic carbocycles. The molecule has 198 valence electrons. The molecule has 0 saturated heterocycles. The van der Waals surface area contributed by atoms with Gasteiger partial charge in [0.1, 0.15) is 0 Å². The normalized spacial score (nSPS) is 14.3. The monoisotopic (exact) mass is 550 g/mol. The maximum atomic E-state index is 13.0. The first-order chi connectivity index (χ1) is 17.7. The smallest absolute Gasteiger partial charge is 0.338 e. The fourth-order valence-electron chi connectivity index (χ4n) is 3.16. The van der Waals surface area contributed by atoms with Crippen LogP contribution in [0.4, 0.5) is 0 Å². The van der Waals surface area contributed by atoms with Crippen LogP contribution in [0.3, 0.4) is 0 Å². The molecule has 1 unspecified atom stereocenters. The average Bonchev–Trinajstić information content (AvgIpc) is 3.56. The van der Waals surface area contributed by atoms with Crippen LogP contribution in [0.25, 0.3) is 5.57 Å². The van der Waals surface area contributed by atoms with E-state index in [0.717, 1.165) is 11.1 Å². The Kier molecular flexibility index (Phi) is 12.2. The maximum absolute atomic E-state index is 13.0. The van der Waals surface area contributed by atoms with E-state index in [0.29, 0.717) is 29.1 Å². The number of benzene rings is 2.